The van der Waals surface area contributed by atoms with Crippen LogP contribution in [0, 0.1) is 12.8 Å². The van der Waals surface area contributed by atoms with E-state index in [1.165, 1.54) is 0 Å². The Kier molecular flexibility index (Phi) is 6.99. The molecule has 0 saturated heterocycles. The van der Waals surface area contributed by atoms with Gasteiger partial charge in [-0.05, 0) is 19.3 Å². The van der Waals surface area contributed by atoms with E-state index in [0.29, 0.717) is 37.4 Å². The second kappa shape index (κ2) is 8.51. The van der Waals surface area contributed by atoms with Crippen LogP contribution < -0.4 is 0 Å². The number of ketones is 1. The molecule has 0 radical (unpaired) electrons. The van der Waals surface area contributed by atoms with E-state index in [-0.39, 0.29) is 11.8 Å². The summed E-state index contributed by atoms with van der Waals surface area (Å²) in [6, 6.07) is 7.51. The Balaban J connectivity index is 2.25. The molecule has 0 bridgehead atoms. The maximum Gasteiger partial charge on any atom is 0.305 e. The van der Waals surface area contributed by atoms with Gasteiger partial charge >= 0.3 is 5.97 Å². The minimum atomic E-state index is -0.206. The number of hydrogen-bond acceptors (Lipinski definition) is 3. The Bertz CT molecular complexity index is 434. The number of rotatable bonds is 8. The normalized spacial score (nSPS) is 11.9. The lowest BCUT2D eigenvalue weighted by Crippen LogP contribution is -2.11. The van der Waals surface area contributed by atoms with Crippen molar-refractivity contribution in [2.75, 3.05) is 6.61 Å². The lowest BCUT2D eigenvalue weighted by atomic mass is 10.0. The molecule has 0 heterocycles. The molecular formula is C17H24O3. The average Bonchev–Trinajstić information content (AvgIpc) is 2.45. The molecule has 20 heavy (non-hydrogen) atoms. The Labute approximate surface area is 121 Å². The van der Waals surface area contributed by atoms with Crippen molar-refractivity contribution in [3.05, 3.63) is 35.4 Å². The van der Waals surface area contributed by atoms with Crippen LogP contribution in [0.25, 0.3) is 0 Å². The van der Waals surface area contributed by atoms with Crippen LogP contribution in [0.1, 0.15) is 55.5 Å². The van der Waals surface area contributed by atoms with Crippen molar-refractivity contribution in [1.29, 1.82) is 0 Å². The predicted molar refractivity (Wildman–Crippen MR) is 79.8 cm³/mol. The van der Waals surface area contributed by atoms with Crippen molar-refractivity contribution in [3.63, 3.8) is 0 Å². The predicted octanol–water partition coefficient (Wildman–Crippen LogP) is 3.94. The number of hydrogen-bond donors (Lipinski definition) is 0. The van der Waals surface area contributed by atoms with Crippen LogP contribution >= 0.6 is 0 Å². The fraction of sp³-hybridized carbons (Fsp3) is 0.529. The van der Waals surface area contributed by atoms with E-state index in [1.54, 1.807) is 0 Å². The SMILES string of the molecule is CCC(C)COC(=O)CCCC(=O)c1ccc(C)cc1. The zero-order chi connectivity index (χ0) is 15.0. The van der Waals surface area contributed by atoms with Gasteiger partial charge in [0.1, 0.15) is 0 Å². The molecule has 0 aliphatic heterocycles. The zero-order valence-corrected chi connectivity index (χ0v) is 12.6. The van der Waals surface area contributed by atoms with Crippen molar-refractivity contribution < 1.29 is 14.3 Å². The second-order valence-electron chi connectivity index (χ2n) is 5.34. The molecule has 0 amide bonds. The van der Waals surface area contributed by atoms with E-state index in [2.05, 4.69) is 6.92 Å². The first-order chi connectivity index (χ1) is 9.52. The van der Waals surface area contributed by atoms with Crippen LogP contribution in [0.2, 0.25) is 0 Å². The molecule has 0 aliphatic carbocycles. The molecule has 1 unspecified atom stereocenters. The third-order valence-electron chi connectivity index (χ3n) is 3.38. The Hall–Kier alpha value is -1.64. The molecule has 0 fully saturated rings. The van der Waals surface area contributed by atoms with Crippen LogP contribution in [0.5, 0.6) is 0 Å². The van der Waals surface area contributed by atoms with Crippen molar-refractivity contribution in [1.82, 2.24) is 0 Å². The molecule has 3 heteroatoms. The smallest absolute Gasteiger partial charge is 0.305 e. The lowest BCUT2D eigenvalue weighted by molar-refractivity contribution is -0.144. The fourth-order valence-corrected chi connectivity index (χ4v) is 1.70. The van der Waals surface area contributed by atoms with Crippen LogP contribution in [0.15, 0.2) is 24.3 Å². The topological polar surface area (TPSA) is 43.4 Å². The largest absolute Gasteiger partial charge is 0.465 e. The number of Topliss-reactive ketones (excluding diaryl/α,β-unsaturated/α-hetero) is 1. The Morgan fingerprint density at radius 2 is 1.80 bits per heavy atom. The number of benzene rings is 1. The summed E-state index contributed by atoms with van der Waals surface area (Å²) in [5, 5.41) is 0. The van der Waals surface area contributed by atoms with E-state index >= 15 is 0 Å². The van der Waals surface area contributed by atoms with Crippen molar-refractivity contribution in [2.24, 2.45) is 5.92 Å². The number of aryl methyl sites for hydroxylation is 1. The first-order valence-corrected chi connectivity index (χ1v) is 7.28. The van der Waals surface area contributed by atoms with Crippen LogP contribution in [-0.2, 0) is 9.53 Å². The highest BCUT2D eigenvalue weighted by atomic mass is 16.5. The highest BCUT2D eigenvalue weighted by Gasteiger charge is 2.09. The molecular weight excluding hydrogens is 252 g/mol. The molecule has 1 atom stereocenters. The second-order valence-corrected chi connectivity index (χ2v) is 5.34. The quantitative estimate of drug-likeness (QED) is 0.533. The number of ether oxygens (including phenoxy) is 1. The van der Waals surface area contributed by atoms with Gasteiger partial charge in [-0.15, -0.1) is 0 Å². The number of carbonyl (C=O) groups is 2. The molecule has 1 aromatic carbocycles. The summed E-state index contributed by atoms with van der Waals surface area (Å²) in [6.45, 7) is 6.58. The molecule has 0 N–H and O–H groups in total. The van der Waals surface area contributed by atoms with E-state index < -0.39 is 0 Å². The number of esters is 1. The molecule has 1 aromatic rings. The summed E-state index contributed by atoms with van der Waals surface area (Å²) in [4.78, 5) is 23.4. The minimum absolute atomic E-state index is 0.0831. The molecule has 1 rings (SSSR count). The summed E-state index contributed by atoms with van der Waals surface area (Å²) in [7, 11) is 0. The first-order valence-electron chi connectivity index (χ1n) is 7.28. The van der Waals surface area contributed by atoms with Gasteiger partial charge in [-0.1, -0.05) is 50.1 Å². The molecule has 110 valence electrons. The minimum Gasteiger partial charge on any atom is -0.465 e. The van der Waals surface area contributed by atoms with Gasteiger partial charge < -0.3 is 4.74 Å². The van der Waals surface area contributed by atoms with E-state index in [4.69, 9.17) is 4.74 Å². The van der Waals surface area contributed by atoms with Crippen LogP contribution in [-0.4, -0.2) is 18.4 Å². The molecule has 0 aliphatic rings. The monoisotopic (exact) mass is 276 g/mol. The maximum atomic E-state index is 11.9. The Morgan fingerprint density at radius 1 is 1.15 bits per heavy atom. The molecule has 0 saturated carbocycles. The van der Waals surface area contributed by atoms with Crippen molar-refractivity contribution in [2.45, 2.75) is 46.5 Å². The summed E-state index contributed by atoms with van der Waals surface area (Å²) < 4.78 is 5.15. The van der Waals surface area contributed by atoms with Gasteiger partial charge in [-0.25, -0.2) is 0 Å². The molecule has 3 nitrogen and oxygen atoms in total. The van der Waals surface area contributed by atoms with Crippen LogP contribution in [0.3, 0.4) is 0 Å². The average molecular weight is 276 g/mol. The fourth-order valence-electron chi connectivity index (χ4n) is 1.70. The van der Waals surface area contributed by atoms with E-state index in [9.17, 15) is 9.59 Å². The molecule has 0 spiro atoms. The highest BCUT2D eigenvalue weighted by molar-refractivity contribution is 5.96. The van der Waals surface area contributed by atoms with Gasteiger partial charge in [0.05, 0.1) is 6.61 Å². The van der Waals surface area contributed by atoms with Gasteiger partial charge in [-0.3, -0.25) is 9.59 Å². The molecule has 0 aromatic heterocycles. The third kappa shape index (κ3) is 6.00. The van der Waals surface area contributed by atoms with Gasteiger partial charge in [-0.2, -0.15) is 0 Å². The summed E-state index contributed by atoms with van der Waals surface area (Å²) in [5.41, 5.74) is 1.85. The van der Waals surface area contributed by atoms with Crippen LogP contribution in [0.4, 0.5) is 0 Å². The van der Waals surface area contributed by atoms with Gasteiger partial charge in [0.2, 0.25) is 0 Å². The van der Waals surface area contributed by atoms with Crippen molar-refractivity contribution in [3.8, 4) is 0 Å². The van der Waals surface area contributed by atoms with E-state index in [0.717, 1.165) is 12.0 Å². The van der Waals surface area contributed by atoms with Gasteiger partial charge in [0.25, 0.3) is 0 Å². The highest BCUT2D eigenvalue weighted by Crippen LogP contribution is 2.09. The summed E-state index contributed by atoms with van der Waals surface area (Å²) in [5.74, 6) is 0.273. The Morgan fingerprint density at radius 3 is 2.40 bits per heavy atom. The number of carbonyl (C=O) groups excluding carboxylic acids is 2. The van der Waals surface area contributed by atoms with Crippen molar-refractivity contribution >= 4 is 11.8 Å². The third-order valence-corrected chi connectivity index (χ3v) is 3.38. The summed E-state index contributed by atoms with van der Waals surface area (Å²) in [6.07, 6.45) is 2.25. The standard InChI is InChI=1S/C17H24O3/c1-4-13(2)12-20-17(19)7-5-6-16(18)15-10-8-14(3)9-11-15/h8-11,13H,4-7,12H2,1-3H3. The van der Waals surface area contributed by atoms with E-state index in [1.807, 2.05) is 38.1 Å². The zero-order valence-electron chi connectivity index (χ0n) is 12.6. The maximum absolute atomic E-state index is 11.9. The summed E-state index contributed by atoms with van der Waals surface area (Å²) >= 11 is 0. The first kappa shape index (κ1) is 16.4. The van der Waals surface area contributed by atoms with Gasteiger partial charge in [0.15, 0.2) is 5.78 Å². The lowest BCUT2D eigenvalue weighted by Gasteiger charge is -2.09. The van der Waals surface area contributed by atoms with Gasteiger partial charge in [0, 0.05) is 18.4 Å².